The van der Waals surface area contributed by atoms with Crippen molar-refractivity contribution in [3.8, 4) is 11.3 Å². The first kappa shape index (κ1) is 12.8. The Hall–Kier alpha value is -1.61. The minimum absolute atomic E-state index is 0.618. The predicted octanol–water partition coefficient (Wildman–Crippen LogP) is 3.64. The van der Waals surface area contributed by atoms with Crippen LogP contribution in [-0.2, 0) is 0 Å². The van der Waals surface area contributed by atoms with Gasteiger partial charge in [-0.1, -0.05) is 41.9 Å². The largest absolute Gasteiger partial charge is 0.356 e. The highest BCUT2D eigenvalue weighted by Crippen LogP contribution is 2.31. The van der Waals surface area contributed by atoms with Crippen LogP contribution in [0, 0.1) is 0 Å². The molecule has 4 heteroatoms. The van der Waals surface area contributed by atoms with E-state index in [0.29, 0.717) is 5.02 Å². The average Bonchev–Trinajstić information content (AvgIpc) is 2.43. The van der Waals surface area contributed by atoms with Crippen LogP contribution in [-0.4, -0.2) is 23.1 Å². The molecule has 18 heavy (non-hydrogen) atoms. The summed E-state index contributed by atoms with van der Waals surface area (Å²) in [5.41, 5.74) is 1.80. The van der Waals surface area contributed by atoms with Gasteiger partial charge in [0.1, 0.15) is 11.3 Å². The van der Waals surface area contributed by atoms with E-state index < -0.39 is 0 Å². The first-order valence-electron chi connectivity index (χ1n) is 6.08. The van der Waals surface area contributed by atoms with E-state index in [2.05, 4.69) is 28.7 Å². The van der Waals surface area contributed by atoms with E-state index in [4.69, 9.17) is 11.6 Å². The van der Waals surface area contributed by atoms with Gasteiger partial charge in [0.25, 0.3) is 0 Å². The van der Waals surface area contributed by atoms with E-state index in [1.807, 2.05) is 30.3 Å². The lowest BCUT2D eigenvalue weighted by Gasteiger charge is -2.21. The number of benzene rings is 1. The maximum absolute atomic E-state index is 6.43. The number of anilines is 1. The fourth-order valence-corrected chi connectivity index (χ4v) is 2.23. The molecule has 0 atom stereocenters. The topological polar surface area (TPSA) is 29.0 Å². The first-order chi connectivity index (χ1) is 8.77. The molecule has 1 aromatic heterocycles. The molecule has 0 aliphatic rings. The summed E-state index contributed by atoms with van der Waals surface area (Å²) in [4.78, 5) is 10.7. The fourth-order valence-electron chi connectivity index (χ4n) is 1.90. The Morgan fingerprint density at radius 2 is 1.72 bits per heavy atom. The van der Waals surface area contributed by atoms with Gasteiger partial charge in [-0.05, 0) is 13.8 Å². The molecule has 0 saturated heterocycles. The number of hydrogen-bond acceptors (Lipinski definition) is 3. The van der Waals surface area contributed by atoms with Crippen LogP contribution in [0.4, 0.5) is 5.82 Å². The van der Waals surface area contributed by atoms with Crippen LogP contribution >= 0.6 is 11.6 Å². The van der Waals surface area contributed by atoms with E-state index in [1.54, 1.807) is 6.33 Å². The molecule has 0 aliphatic carbocycles. The predicted molar refractivity (Wildman–Crippen MR) is 76.0 cm³/mol. The summed E-state index contributed by atoms with van der Waals surface area (Å²) < 4.78 is 0. The van der Waals surface area contributed by atoms with Crippen LogP contribution in [0.3, 0.4) is 0 Å². The van der Waals surface area contributed by atoms with E-state index in [1.165, 1.54) is 0 Å². The summed E-state index contributed by atoms with van der Waals surface area (Å²) in [6.07, 6.45) is 1.57. The molecule has 0 saturated carbocycles. The average molecular weight is 262 g/mol. The molecule has 0 amide bonds. The van der Waals surface area contributed by atoms with Gasteiger partial charge in [0, 0.05) is 18.7 Å². The second-order valence-corrected chi connectivity index (χ2v) is 4.28. The third kappa shape index (κ3) is 2.46. The van der Waals surface area contributed by atoms with Crippen LogP contribution in [0.25, 0.3) is 11.3 Å². The van der Waals surface area contributed by atoms with Gasteiger partial charge in [0.05, 0.1) is 5.69 Å². The summed E-state index contributed by atoms with van der Waals surface area (Å²) >= 11 is 6.43. The van der Waals surface area contributed by atoms with Crippen LogP contribution in [0.2, 0.25) is 5.02 Å². The molecule has 2 aromatic rings. The monoisotopic (exact) mass is 261 g/mol. The quantitative estimate of drug-likeness (QED) is 0.841. The Kier molecular flexibility index (Phi) is 4.15. The smallest absolute Gasteiger partial charge is 0.151 e. The molecule has 0 aliphatic heterocycles. The molecule has 0 fully saturated rings. The highest BCUT2D eigenvalue weighted by Gasteiger charge is 2.14. The Balaban J connectivity index is 2.48. The molecule has 0 unspecified atom stereocenters. The van der Waals surface area contributed by atoms with Crippen LogP contribution in [0.1, 0.15) is 13.8 Å². The molecule has 0 spiro atoms. The molecule has 0 bridgehead atoms. The van der Waals surface area contributed by atoms with E-state index >= 15 is 0 Å². The van der Waals surface area contributed by atoms with E-state index in [0.717, 1.165) is 30.2 Å². The number of halogens is 1. The van der Waals surface area contributed by atoms with Crippen molar-refractivity contribution in [1.29, 1.82) is 0 Å². The molecule has 1 heterocycles. The van der Waals surface area contributed by atoms with Crippen molar-refractivity contribution in [3.63, 3.8) is 0 Å². The van der Waals surface area contributed by atoms with Gasteiger partial charge in [-0.3, -0.25) is 0 Å². The summed E-state index contributed by atoms with van der Waals surface area (Å²) in [6, 6.07) is 9.93. The third-order valence-corrected chi connectivity index (χ3v) is 3.23. The molecule has 3 nitrogen and oxygen atoms in total. The maximum atomic E-state index is 6.43. The second-order valence-electron chi connectivity index (χ2n) is 3.90. The van der Waals surface area contributed by atoms with Crippen molar-refractivity contribution >= 4 is 17.4 Å². The molecule has 0 N–H and O–H groups in total. The normalized spacial score (nSPS) is 10.4. The molecular weight excluding hydrogens is 246 g/mol. The van der Waals surface area contributed by atoms with Crippen LogP contribution in [0.5, 0.6) is 0 Å². The molecule has 2 rings (SSSR count). The fraction of sp³-hybridized carbons (Fsp3) is 0.286. The van der Waals surface area contributed by atoms with Crippen LogP contribution in [0.15, 0.2) is 36.7 Å². The van der Waals surface area contributed by atoms with Gasteiger partial charge < -0.3 is 4.90 Å². The zero-order valence-corrected chi connectivity index (χ0v) is 11.4. The second kappa shape index (κ2) is 5.83. The minimum atomic E-state index is 0.618. The summed E-state index contributed by atoms with van der Waals surface area (Å²) in [7, 11) is 0. The first-order valence-corrected chi connectivity index (χ1v) is 6.46. The number of hydrogen-bond donors (Lipinski definition) is 0. The lowest BCUT2D eigenvalue weighted by molar-refractivity contribution is 0.842. The van der Waals surface area contributed by atoms with Gasteiger partial charge in [0.2, 0.25) is 0 Å². The van der Waals surface area contributed by atoms with Crippen molar-refractivity contribution in [1.82, 2.24) is 9.97 Å². The number of nitrogens with zero attached hydrogens (tertiary/aromatic N) is 3. The van der Waals surface area contributed by atoms with Gasteiger partial charge in [-0.2, -0.15) is 0 Å². The van der Waals surface area contributed by atoms with Crippen LogP contribution < -0.4 is 4.90 Å². The zero-order valence-electron chi connectivity index (χ0n) is 10.6. The van der Waals surface area contributed by atoms with Crippen molar-refractivity contribution in [2.45, 2.75) is 13.8 Å². The SMILES string of the molecule is CCN(CC)c1ncnc(-c2ccccc2)c1Cl. The van der Waals surface area contributed by atoms with Gasteiger partial charge in [-0.15, -0.1) is 0 Å². The van der Waals surface area contributed by atoms with Crippen molar-refractivity contribution in [3.05, 3.63) is 41.7 Å². The molecule has 0 radical (unpaired) electrons. The lowest BCUT2D eigenvalue weighted by Crippen LogP contribution is -2.23. The standard InChI is InChI=1S/C14H16ClN3/c1-3-18(4-2)14-12(15)13(16-10-17-14)11-8-6-5-7-9-11/h5-10H,3-4H2,1-2H3. The molecule has 1 aromatic carbocycles. The van der Waals surface area contributed by atoms with Crippen molar-refractivity contribution < 1.29 is 0 Å². The molecular formula is C14H16ClN3. The van der Waals surface area contributed by atoms with E-state index in [9.17, 15) is 0 Å². The molecule has 94 valence electrons. The minimum Gasteiger partial charge on any atom is -0.356 e. The highest BCUT2D eigenvalue weighted by molar-refractivity contribution is 6.35. The Morgan fingerprint density at radius 3 is 2.33 bits per heavy atom. The van der Waals surface area contributed by atoms with Crippen molar-refractivity contribution in [2.75, 3.05) is 18.0 Å². The Labute approximate surface area is 112 Å². The lowest BCUT2D eigenvalue weighted by atomic mass is 10.1. The summed E-state index contributed by atoms with van der Waals surface area (Å²) in [5.74, 6) is 0.801. The van der Waals surface area contributed by atoms with Gasteiger partial charge >= 0.3 is 0 Å². The summed E-state index contributed by atoms with van der Waals surface area (Å²) in [5, 5.41) is 0.618. The number of aromatic nitrogens is 2. The van der Waals surface area contributed by atoms with Crippen molar-refractivity contribution in [2.24, 2.45) is 0 Å². The Morgan fingerprint density at radius 1 is 1.06 bits per heavy atom. The number of rotatable bonds is 4. The summed E-state index contributed by atoms with van der Waals surface area (Å²) in [6.45, 7) is 5.93. The third-order valence-electron chi connectivity index (χ3n) is 2.88. The highest BCUT2D eigenvalue weighted by atomic mass is 35.5. The van der Waals surface area contributed by atoms with Gasteiger partial charge in [-0.25, -0.2) is 9.97 Å². The maximum Gasteiger partial charge on any atom is 0.151 e. The van der Waals surface area contributed by atoms with Gasteiger partial charge in [0.15, 0.2) is 5.82 Å². The Bertz CT molecular complexity index is 510. The van der Waals surface area contributed by atoms with E-state index in [-0.39, 0.29) is 0 Å². The zero-order chi connectivity index (χ0) is 13.0.